The van der Waals surface area contributed by atoms with Crippen LogP contribution in [0, 0.1) is 0 Å². The van der Waals surface area contributed by atoms with Gasteiger partial charge in [0.2, 0.25) is 0 Å². The van der Waals surface area contributed by atoms with Crippen LogP contribution in [0.3, 0.4) is 0 Å². The zero-order chi connectivity index (χ0) is 20.0. The van der Waals surface area contributed by atoms with E-state index in [1.807, 2.05) is 12.1 Å². The third-order valence-corrected chi connectivity index (χ3v) is 5.33. The predicted octanol–water partition coefficient (Wildman–Crippen LogP) is 3.61. The standard InChI is InChI=1S/C20H18Cl2N4O2/c1-10(23)16-17(25-13-6-7-13)20(28)26(14-8-15(22)19(27)24-9-14)18(16)11-2-4-12(21)5-3-11/h2-5,8-9,13,18H,6-7,23H2,1H3,(H,24,27)/t18-/m1/s1. The number of aromatic nitrogens is 1. The molecule has 1 aromatic heterocycles. The number of carbonyl (C=O) groups excluding carboxylic acids is 1. The minimum Gasteiger partial charge on any atom is -0.402 e. The first-order chi connectivity index (χ1) is 13.4. The molecule has 0 unspecified atom stereocenters. The minimum absolute atomic E-state index is 0.00254. The van der Waals surface area contributed by atoms with E-state index in [0.717, 1.165) is 18.4 Å². The molecule has 0 bridgehead atoms. The zero-order valence-corrected chi connectivity index (χ0v) is 16.6. The number of anilines is 1. The number of nitrogens with two attached hydrogens (primary N) is 1. The van der Waals surface area contributed by atoms with E-state index in [1.54, 1.807) is 24.0 Å². The molecule has 0 radical (unpaired) electrons. The highest BCUT2D eigenvalue weighted by molar-refractivity contribution is 6.53. The highest BCUT2D eigenvalue weighted by Gasteiger charge is 2.45. The molecule has 1 aromatic carbocycles. The van der Waals surface area contributed by atoms with Gasteiger partial charge in [-0.2, -0.15) is 0 Å². The Bertz CT molecular complexity index is 1060. The lowest BCUT2D eigenvalue weighted by atomic mass is 9.96. The summed E-state index contributed by atoms with van der Waals surface area (Å²) in [6.07, 6.45) is 3.39. The highest BCUT2D eigenvalue weighted by atomic mass is 35.5. The number of nitrogens with zero attached hydrogens (tertiary/aromatic N) is 2. The van der Waals surface area contributed by atoms with E-state index in [-0.39, 0.29) is 17.0 Å². The van der Waals surface area contributed by atoms with Crippen molar-refractivity contribution in [1.29, 1.82) is 0 Å². The molecule has 0 spiro atoms. The van der Waals surface area contributed by atoms with Crippen LogP contribution in [0.1, 0.15) is 31.4 Å². The normalized spacial score (nSPS) is 22.8. The lowest BCUT2D eigenvalue weighted by Gasteiger charge is -2.25. The number of rotatable bonds is 3. The van der Waals surface area contributed by atoms with Crippen LogP contribution >= 0.6 is 23.2 Å². The van der Waals surface area contributed by atoms with Crippen LogP contribution in [-0.2, 0) is 4.79 Å². The number of amides is 1. The van der Waals surface area contributed by atoms with Crippen LogP contribution in [0.25, 0.3) is 0 Å². The Morgan fingerprint density at radius 1 is 1.21 bits per heavy atom. The molecule has 1 saturated heterocycles. The fourth-order valence-corrected chi connectivity index (χ4v) is 3.62. The number of nitrogens with one attached hydrogen (secondary N) is 1. The summed E-state index contributed by atoms with van der Waals surface area (Å²) in [5.74, 6) is -0.269. The Morgan fingerprint density at radius 2 is 1.89 bits per heavy atom. The number of pyridine rings is 1. The number of benzene rings is 1. The van der Waals surface area contributed by atoms with Crippen molar-refractivity contribution in [3.05, 3.63) is 73.8 Å². The largest absolute Gasteiger partial charge is 0.402 e. The van der Waals surface area contributed by atoms with E-state index in [2.05, 4.69) is 9.98 Å². The third-order valence-electron chi connectivity index (χ3n) is 4.80. The second kappa shape index (κ2) is 7.11. The van der Waals surface area contributed by atoms with Crippen molar-refractivity contribution >= 4 is 40.5 Å². The Balaban J connectivity index is 1.93. The number of hydrogen-bond acceptors (Lipinski definition) is 4. The lowest BCUT2D eigenvalue weighted by Crippen LogP contribution is -2.30. The average molecular weight is 417 g/mol. The number of halogens is 2. The average Bonchev–Trinajstić information content (AvgIpc) is 3.42. The number of H-pyrrole nitrogens is 1. The van der Waals surface area contributed by atoms with Crippen molar-refractivity contribution in [3.8, 4) is 0 Å². The first-order valence-electron chi connectivity index (χ1n) is 8.88. The van der Waals surface area contributed by atoms with Crippen molar-refractivity contribution in [2.45, 2.75) is 31.8 Å². The minimum atomic E-state index is -0.491. The van der Waals surface area contributed by atoms with Crippen LogP contribution < -0.4 is 16.2 Å². The second-order valence-corrected chi connectivity index (χ2v) is 7.81. The molecule has 28 heavy (non-hydrogen) atoms. The maximum absolute atomic E-state index is 13.4. The molecule has 8 heteroatoms. The van der Waals surface area contributed by atoms with E-state index < -0.39 is 11.6 Å². The van der Waals surface area contributed by atoms with Crippen molar-refractivity contribution in [2.75, 3.05) is 4.90 Å². The Labute approximate surface area is 171 Å². The number of carbonyl (C=O) groups is 1. The molecule has 2 aliphatic rings. The van der Waals surface area contributed by atoms with E-state index in [1.165, 1.54) is 12.3 Å². The van der Waals surface area contributed by atoms with E-state index in [0.29, 0.717) is 27.7 Å². The molecule has 6 nitrogen and oxygen atoms in total. The summed E-state index contributed by atoms with van der Waals surface area (Å²) < 4.78 is 0. The second-order valence-electron chi connectivity index (χ2n) is 6.97. The zero-order valence-electron chi connectivity index (χ0n) is 15.1. The molecule has 2 aromatic rings. The molecule has 4 rings (SSSR count). The molecule has 1 saturated carbocycles. The summed E-state index contributed by atoms with van der Waals surface area (Å²) in [6.45, 7) is 1.76. The van der Waals surface area contributed by atoms with Gasteiger partial charge in [-0.3, -0.25) is 19.5 Å². The van der Waals surface area contributed by atoms with Crippen LogP contribution in [0.4, 0.5) is 5.69 Å². The summed E-state index contributed by atoms with van der Waals surface area (Å²) in [6, 6.07) is 8.36. The molecule has 1 amide bonds. The molecule has 144 valence electrons. The predicted molar refractivity (Wildman–Crippen MR) is 111 cm³/mol. The smallest absolute Gasteiger partial charge is 0.277 e. The van der Waals surface area contributed by atoms with Gasteiger partial charge in [0.25, 0.3) is 11.5 Å². The number of hydrogen-bond donors (Lipinski definition) is 2. The topological polar surface area (TPSA) is 91.5 Å². The van der Waals surface area contributed by atoms with E-state index in [9.17, 15) is 9.59 Å². The highest BCUT2D eigenvalue weighted by Crippen LogP contribution is 2.42. The Hall–Kier alpha value is -2.57. The van der Waals surface area contributed by atoms with Crippen molar-refractivity contribution < 1.29 is 4.79 Å². The Kier molecular flexibility index (Phi) is 4.77. The van der Waals surface area contributed by atoms with Crippen molar-refractivity contribution in [3.63, 3.8) is 0 Å². The van der Waals surface area contributed by atoms with Crippen molar-refractivity contribution in [2.24, 2.45) is 10.7 Å². The SMILES string of the molecule is CC(N)=C1C(=NC2CC2)C(=O)N(c2c[nH]c(=O)c(Cl)c2)[C@@H]1c1ccc(Cl)cc1. The van der Waals surface area contributed by atoms with Crippen LogP contribution in [0.2, 0.25) is 10.0 Å². The summed E-state index contributed by atoms with van der Waals surface area (Å²) in [7, 11) is 0. The molecule has 1 atom stereocenters. The van der Waals surface area contributed by atoms with E-state index in [4.69, 9.17) is 28.9 Å². The molecular weight excluding hydrogens is 399 g/mol. The molecular formula is C20H18Cl2N4O2. The quantitative estimate of drug-likeness (QED) is 0.800. The van der Waals surface area contributed by atoms with Crippen molar-refractivity contribution in [1.82, 2.24) is 4.98 Å². The molecule has 3 N–H and O–H groups in total. The monoisotopic (exact) mass is 416 g/mol. The van der Waals surface area contributed by atoms with Gasteiger partial charge in [-0.05, 0) is 43.5 Å². The van der Waals surface area contributed by atoms with Gasteiger partial charge >= 0.3 is 0 Å². The lowest BCUT2D eigenvalue weighted by molar-refractivity contribution is -0.112. The van der Waals surface area contributed by atoms with Gasteiger partial charge < -0.3 is 10.7 Å². The fraction of sp³-hybridized carbons (Fsp3) is 0.250. The third kappa shape index (κ3) is 3.34. The van der Waals surface area contributed by atoms with Gasteiger partial charge in [-0.15, -0.1) is 0 Å². The number of aliphatic imine (C=N–C) groups is 1. The van der Waals surface area contributed by atoms with Crippen LogP contribution in [0.5, 0.6) is 0 Å². The first kappa shape index (κ1) is 18.8. The summed E-state index contributed by atoms with van der Waals surface area (Å²) >= 11 is 12.1. The maximum Gasteiger partial charge on any atom is 0.277 e. The molecule has 1 aliphatic carbocycles. The first-order valence-corrected chi connectivity index (χ1v) is 9.64. The number of allylic oxidation sites excluding steroid dienone is 1. The van der Waals surface area contributed by atoms with Gasteiger partial charge in [-0.1, -0.05) is 35.3 Å². The molecule has 2 fully saturated rings. The van der Waals surface area contributed by atoms with Gasteiger partial charge in [0, 0.05) is 22.5 Å². The summed E-state index contributed by atoms with van der Waals surface area (Å²) in [5, 5.41) is 0.594. The fourth-order valence-electron chi connectivity index (χ4n) is 3.33. The summed E-state index contributed by atoms with van der Waals surface area (Å²) in [5.41, 5.74) is 8.64. The molecule has 2 heterocycles. The van der Waals surface area contributed by atoms with Gasteiger partial charge in [0.1, 0.15) is 10.7 Å². The van der Waals surface area contributed by atoms with E-state index >= 15 is 0 Å². The van der Waals surface area contributed by atoms with Crippen LogP contribution in [-0.4, -0.2) is 22.6 Å². The Morgan fingerprint density at radius 3 is 2.46 bits per heavy atom. The van der Waals surface area contributed by atoms with Crippen LogP contribution in [0.15, 0.2) is 57.6 Å². The van der Waals surface area contributed by atoms with Gasteiger partial charge in [-0.25, -0.2) is 0 Å². The van der Waals surface area contributed by atoms with Gasteiger partial charge in [0.15, 0.2) is 0 Å². The summed E-state index contributed by atoms with van der Waals surface area (Å²) in [4.78, 5) is 33.8. The van der Waals surface area contributed by atoms with Gasteiger partial charge in [0.05, 0.1) is 17.8 Å². The number of aromatic amines is 1. The maximum atomic E-state index is 13.4. The molecule has 1 aliphatic heterocycles.